The summed E-state index contributed by atoms with van der Waals surface area (Å²) in [5, 5.41) is 1.31. The van der Waals surface area contributed by atoms with Crippen LogP contribution >= 0.6 is 23.4 Å². The van der Waals surface area contributed by atoms with Crippen molar-refractivity contribution in [1.29, 1.82) is 0 Å². The molecule has 0 atom stereocenters. The Bertz CT molecular complexity index is 892. The first-order valence-electron chi connectivity index (χ1n) is 7.16. The first kappa shape index (κ1) is 15.8. The number of thioether (sulfide) groups is 1. The van der Waals surface area contributed by atoms with E-state index in [2.05, 4.69) is 9.97 Å². The average molecular weight is 343 g/mol. The van der Waals surface area contributed by atoms with Crippen LogP contribution in [0.3, 0.4) is 0 Å². The minimum atomic E-state index is -0.154. The van der Waals surface area contributed by atoms with Gasteiger partial charge in [0.25, 0.3) is 5.56 Å². The van der Waals surface area contributed by atoms with Gasteiger partial charge in [-0.05, 0) is 24.6 Å². The van der Waals surface area contributed by atoms with E-state index in [0.29, 0.717) is 16.6 Å². The molecular weight excluding hydrogens is 328 g/mol. The van der Waals surface area contributed by atoms with E-state index in [1.807, 2.05) is 55.5 Å². The van der Waals surface area contributed by atoms with Crippen LogP contribution in [-0.2, 0) is 5.75 Å². The van der Waals surface area contributed by atoms with E-state index >= 15 is 0 Å². The van der Waals surface area contributed by atoms with Crippen molar-refractivity contribution in [2.75, 3.05) is 0 Å². The average Bonchev–Trinajstić information content (AvgIpc) is 2.54. The molecule has 0 unspecified atom stereocenters. The molecule has 0 saturated heterocycles. The number of aryl methyl sites for hydroxylation is 1. The van der Waals surface area contributed by atoms with E-state index in [4.69, 9.17) is 11.6 Å². The zero-order chi connectivity index (χ0) is 16.2. The van der Waals surface area contributed by atoms with Gasteiger partial charge in [0.1, 0.15) is 0 Å². The molecular formula is C18H15ClN2OS. The van der Waals surface area contributed by atoms with Crippen LogP contribution in [0, 0.1) is 6.92 Å². The van der Waals surface area contributed by atoms with Crippen LogP contribution < -0.4 is 5.56 Å². The first-order chi connectivity index (χ1) is 11.1. The number of nitrogens with zero attached hydrogens (tertiary/aromatic N) is 1. The second-order valence-electron chi connectivity index (χ2n) is 5.19. The third-order valence-electron chi connectivity index (χ3n) is 3.36. The maximum atomic E-state index is 11.9. The lowest BCUT2D eigenvalue weighted by atomic mass is 10.1. The summed E-state index contributed by atoms with van der Waals surface area (Å²) in [7, 11) is 0. The van der Waals surface area contributed by atoms with Gasteiger partial charge in [0.05, 0.1) is 5.69 Å². The summed E-state index contributed by atoms with van der Waals surface area (Å²) in [5.74, 6) is 0.653. The van der Waals surface area contributed by atoms with Gasteiger partial charge in [-0.2, -0.15) is 0 Å². The third kappa shape index (κ3) is 4.03. The Labute approximate surface area is 143 Å². The fraction of sp³-hybridized carbons (Fsp3) is 0.111. The lowest BCUT2D eigenvalue weighted by Crippen LogP contribution is -2.08. The lowest BCUT2D eigenvalue weighted by molar-refractivity contribution is 0.942. The van der Waals surface area contributed by atoms with E-state index in [9.17, 15) is 4.79 Å². The van der Waals surface area contributed by atoms with Crippen molar-refractivity contribution in [3.63, 3.8) is 0 Å². The molecule has 0 fully saturated rings. The van der Waals surface area contributed by atoms with Gasteiger partial charge in [0.15, 0.2) is 5.16 Å². The first-order valence-corrected chi connectivity index (χ1v) is 8.53. The molecule has 0 radical (unpaired) electrons. The largest absolute Gasteiger partial charge is 0.301 e. The van der Waals surface area contributed by atoms with Crippen molar-refractivity contribution in [1.82, 2.24) is 9.97 Å². The van der Waals surface area contributed by atoms with Crippen molar-refractivity contribution >= 4 is 23.4 Å². The van der Waals surface area contributed by atoms with Gasteiger partial charge in [-0.15, -0.1) is 0 Å². The summed E-state index contributed by atoms with van der Waals surface area (Å²) in [6, 6.07) is 17.1. The van der Waals surface area contributed by atoms with Crippen molar-refractivity contribution in [2.24, 2.45) is 0 Å². The van der Waals surface area contributed by atoms with E-state index in [-0.39, 0.29) is 5.56 Å². The molecule has 3 aromatic rings. The minimum Gasteiger partial charge on any atom is -0.301 e. The molecule has 116 valence electrons. The number of benzene rings is 2. The van der Waals surface area contributed by atoms with Gasteiger partial charge in [0.2, 0.25) is 0 Å². The van der Waals surface area contributed by atoms with E-state index in [0.717, 1.165) is 21.7 Å². The van der Waals surface area contributed by atoms with Gasteiger partial charge in [-0.1, -0.05) is 65.3 Å². The van der Waals surface area contributed by atoms with Crippen LogP contribution in [-0.4, -0.2) is 9.97 Å². The number of hydrogen-bond donors (Lipinski definition) is 1. The molecule has 1 aromatic heterocycles. The molecule has 3 rings (SSSR count). The topological polar surface area (TPSA) is 45.8 Å². The Morgan fingerprint density at radius 2 is 1.96 bits per heavy atom. The van der Waals surface area contributed by atoms with Crippen LogP contribution in [0.25, 0.3) is 11.3 Å². The van der Waals surface area contributed by atoms with E-state index in [1.54, 1.807) is 0 Å². The van der Waals surface area contributed by atoms with Gasteiger partial charge >= 0.3 is 0 Å². The fourth-order valence-corrected chi connectivity index (χ4v) is 3.38. The molecule has 0 saturated carbocycles. The SMILES string of the molecule is Cc1cccc(-c2cc(=O)[nH]c(SCc3ccccc3Cl)n2)c1. The van der Waals surface area contributed by atoms with Crippen LogP contribution in [0.1, 0.15) is 11.1 Å². The third-order valence-corrected chi connectivity index (χ3v) is 4.65. The summed E-state index contributed by atoms with van der Waals surface area (Å²) in [6.07, 6.45) is 0. The zero-order valence-corrected chi connectivity index (χ0v) is 14.1. The van der Waals surface area contributed by atoms with Gasteiger partial charge in [-0.3, -0.25) is 4.79 Å². The highest BCUT2D eigenvalue weighted by Gasteiger charge is 2.06. The quantitative estimate of drug-likeness (QED) is 0.552. The van der Waals surface area contributed by atoms with Gasteiger partial charge < -0.3 is 4.98 Å². The smallest absolute Gasteiger partial charge is 0.252 e. The zero-order valence-electron chi connectivity index (χ0n) is 12.5. The van der Waals surface area contributed by atoms with E-state index in [1.165, 1.54) is 17.8 Å². The molecule has 0 spiro atoms. The molecule has 0 amide bonds. The van der Waals surface area contributed by atoms with Crippen LogP contribution in [0.5, 0.6) is 0 Å². The second kappa shape index (κ2) is 7.02. The Hall–Kier alpha value is -2.04. The summed E-state index contributed by atoms with van der Waals surface area (Å²) in [4.78, 5) is 19.2. The summed E-state index contributed by atoms with van der Waals surface area (Å²) < 4.78 is 0. The van der Waals surface area contributed by atoms with Crippen molar-refractivity contribution in [2.45, 2.75) is 17.8 Å². The summed E-state index contributed by atoms with van der Waals surface area (Å²) >= 11 is 7.62. The number of rotatable bonds is 4. The fourth-order valence-electron chi connectivity index (χ4n) is 2.22. The van der Waals surface area contributed by atoms with Gasteiger partial charge in [0, 0.05) is 22.4 Å². The number of halogens is 1. The Morgan fingerprint density at radius 3 is 2.74 bits per heavy atom. The molecule has 3 nitrogen and oxygen atoms in total. The maximum absolute atomic E-state index is 11.9. The minimum absolute atomic E-state index is 0.154. The maximum Gasteiger partial charge on any atom is 0.252 e. The number of hydrogen-bond acceptors (Lipinski definition) is 3. The summed E-state index contributed by atoms with van der Waals surface area (Å²) in [6.45, 7) is 2.02. The Balaban J connectivity index is 1.86. The Morgan fingerprint density at radius 1 is 1.13 bits per heavy atom. The molecule has 0 aliphatic rings. The molecule has 0 aliphatic carbocycles. The molecule has 23 heavy (non-hydrogen) atoms. The normalized spacial score (nSPS) is 10.7. The van der Waals surface area contributed by atoms with Crippen molar-refractivity contribution in [3.05, 3.63) is 81.1 Å². The highest BCUT2D eigenvalue weighted by molar-refractivity contribution is 7.98. The highest BCUT2D eigenvalue weighted by Crippen LogP contribution is 2.25. The standard InChI is InChI=1S/C18H15ClN2OS/c1-12-5-4-7-13(9-12)16-10-17(22)21-18(20-16)23-11-14-6-2-3-8-15(14)19/h2-10H,11H2,1H3,(H,20,21,22). The number of nitrogens with one attached hydrogen (secondary N) is 1. The Kier molecular flexibility index (Phi) is 4.84. The number of aromatic nitrogens is 2. The highest BCUT2D eigenvalue weighted by atomic mass is 35.5. The molecule has 2 aromatic carbocycles. The lowest BCUT2D eigenvalue weighted by Gasteiger charge is -2.06. The molecule has 0 bridgehead atoms. The molecule has 1 heterocycles. The van der Waals surface area contributed by atoms with Crippen LogP contribution in [0.4, 0.5) is 0 Å². The van der Waals surface area contributed by atoms with Gasteiger partial charge in [-0.25, -0.2) is 4.98 Å². The molecule has 5 heteroatoms. The predicted octanol–water partition coefficient (Wildman–Crippen LogP) is 4.69. The number of H-pyrrole nitrogens is 1. The number of aromatic amines is 1. The van der Waals surface area contributed by atoms with Crippen molar-refractivity contribution < 1.29 is 0 Å². The van der Waals surface area contributed by atoms with Crippen LogP contribution in [0.15, 0.2) is 64.5 Å². The van der Waals surface area contributed by atoms with E-state index < -0.39 is 0 Å². The van der Waals surface area contributed by atoms with Crippen LogP contribution in [0.2, 0.25) is 5.02 Å². The second-order valence-corrected chi connectivity index (χ2v) is 6.56. The summed E-state index contributed by atoms with van der Waals surface area (Å²) in [5.41, 5.74) is 3.62. The molecule has 0 aliphatic heterocycles. The monoisotopic (exact) mass is 342 g/mol. The van der Waals surface area contributed by atoms with Crippen molar-refractivity contribution in [3.8, 4) is 11.3 Å². The molecule has 1 N–H and O–H groups in total. The predicted molar refractivity (Wildman–Crippen MR) is 96.0 cm³/mol.